The number of nitrogens with zero attached hydrogens (tertiary/aromatic N) is 1. The second kappa shape index (κ2) is 5.32. The standard InChI is InChI=1S/C15H17ClN2/c1-11-14(16)4-3-5-15(11)18(2)10-12-6-8-13(17)9-7-12/h3-9H,10,17H2,1-2H3. The first kappa shape index (κ1) is 12.8. The molecule has 0 aliphatic heterocycles. The van der Waals surface area contributed by atoms with E-state index in [1.54, 1.807) is 0 Å². The topological polar surface area (TPSA) is 29.3 Å². The van der Waals surface area contributed by atoms with Gasteiger partial charge in [0, 0.05) is 30.0 Å². The summed E-state index contributed by atoms with van der Waals surface area (Å²) in [4.78, 5) is 2.19. The second-order valence-corrected chi connectivity index (χ2v) is 4.89. The van der Waals surface area contributed by atoms with Crippen LogP contribution in [0.25, 0.3) is 0 Å². The molecule has 2 rings (SSSR count). The van der Waals surface area contributed by atoms with Crippen molar-refractivity contribution in [3.63, 3.8) is 0 Å². The van der Waals surface area contributed by atoms with Gasteiger partial charge in [-0.1, -0.05) is 29.8 Å². The van der Waals surface area contributed by atoms with E-state index in [0.717, 1.165) is 28.5 Å². The monoisotopic (exact) mass is 260 g/mol. The van der Waals surface area contributed by atoms with Gasteiger partial charge >= 0.3 is 0 Å². The lowest BCUT2D eigenvalue weighted by molar-refractivity contribution is 0.918. The summed E-state index contributed by atoms with van der Waals surface area (Å²) in [5.74, 6) is 0. The Balaban J connectivity index is 2.19. The summed E-state index contributed by atoms with van der Waals surface area (Å²) in [5.41, 5.74) is 9.96. The first-order chi connectivity index (χ1) is 8.58. The number of nitrogen functional groups attached to an aromatic ring is 1. The Labute approximate surface area is 113 Å². The highest BCUT2D eigenvalue weighted by atomic mass is 35.5. The van der Waals surface area contributed by atoms with Gasteiger partial charge in [-0.3, -0.25) is 0 Å². The Morgan fingerprint density at radius 2 is 1.78 bits per heavy atom. The minimum Gasteiger partial charge on any atom is -0.399 e. The zero-order valence-electron chi connectivity index (χ0n) is 10.7. The van der Waals surface area contributed by atoms with Crippen LogP contribution in [-0.4, -0.2) is 7.05 Å². The lowest BCUT2D eigenvalue weighted by Gasteiger charge is -2.22. The highest BCUT2D eigenvalue weighted by Crippen LogP contribution is 2.26. The molecule has 0 fully saturated rings. The molecule has 0 saturated heterocycles. The summed E-state index contributed by atoms with van der Waals surface area (Å²) < 4.78 is 0. The number of anilines is 2. The number of halogens is 1. The van der Waals surface area contributed by atoms with E-state index in [1.807, 2.05) is 43.3 Å². The molecule has 94 valence electrons. The molecular formula is C15H17ClN2. The average Bonchev–Trinajstić information content (AvgIpc) is 2.35. The summed E-state index contributed by atoms with van der Waals surface area (Å²) in [5, 5.41) is 0.802. The largest absolute Gasteiger partial charge is 0.399 e. The van der Waals surface area contributed by atoms with Crippen LogP contribution in [0.15, 0.2) is 42.5 Å². The molecule has 0 spiro atoms. The Hall–Kier alpha value is -1.67. The SMILES string of the molecule is Cc1c(Cl)cccc1N(C)Cc1ccc(N)cc1. The van der Waals surface area contributed by atoms with E-state index in [0.29, 0.717) is 0 Å². The van der Waals surface area contributed by atoms with Gasteiger partial charge in [-0.25, -0.2) is 0 Å². The normalized spacial score (nSPS) is 10.4. The molecule has 0 aromatic heterocycles. The number of benzene rings is 2. The summed E-state index contributed by atoms with van der Waals surface area (Å²) in [7, 11) is 2.06. The molecule has 3 heteroatoms. The van der Waals surface area contributed by atoms with E-state index < -0.39 is 0 Å². The molecule has 0 bridgehead atoms. The third-order valence-corrected chi connectivity index (χ3v) is 3.46. The molecule has 0 heterocycles. The second-order valence-electron chi connectivity index (χ2n) is 4.48. The van der Waals surface area contributed by atoms with Gasteiger partial charge in [-0.15, -0.1) is 0 Å². The van der Waals surface area contributed by atoms with Crippen LogP contribution in [0.1, 0.15) is 11.1 Å². The molecule has 2 aromatic carbocycles. The van der Waals surface area contributed by atoms with Crippen molar-refractivity contribution in [2.75, 3.05) is 17.7 Å². The summed E-state index contributed by atoms with van der Waals surface area (Å²) >= 11 is 6.14. The molecule has 2 aromatic rings. The van der Waals surface area contributed by atoms with Crippen LogP contribution < -0.4 is 10.6 Å². The van der Waals surface area contributed by atoms with E-state index in [2.05, 4.69) is 18.0 Å². The smallest absolute Gasteiger partial charge is 0.0455 e. The van der Waals surface area contributed by atoms with E-state index in [1.165, 1.54) is 5.56 Å². The molecule has 0 saturated carbocycles. The maximum Gasteiger partial charge on any atom is 0.0455 e. The lowest BCUT2D eigenvalue weighted by Crippen LogP contribution is -2.17. The third-order valence-electron chi connectivity index (χ3n) is 3.05. The van der Waals surface area contributed by atoms with Gasteiger partial charge in [0.15, 0.2) is 0 Å². The molecule has 0 radical (unpaired) electrons. The lowest BCUT2D eigenvalue weighted by atomic mass is 10.1. The van der Waals surface area contributed by atoms with Crippen LogP contribution in [0.2, 0.25) is 5.02 Å². The molecule has 0 atom stereocenters. The van der Waals surface area contributed by atoms with Crippen molar-refractivity contribution in [2.24, 2.45) is 0 Å². The fourth-order valence-corrected chi connectivity index (χ4v) is 2.16. The van der Waals surface area contributed by atoms with Crippen molar-refractivity contribution in [3.05, 3.63) is 58.6 Å². The van der Waals surface area contributed by atoms with Gasteiger partial charge in [0.25, 0.3) is 0 Å². The fourth-order valence-electron chi connectivity index (χ4n) is 1.99. The van der Waals surface area contributed by atoms with E-state index in [9.17, 15) is 0 Å². The van der Waals surface area contributed by atoms with Crippen LogP contribution in [0, 0.1) is 6.92 Å². The van der Waals surface area contributed by atoms with Crippen LogP contribution in [-0.2, 0) is 6.54 Å². The predicted octanol–water partition coefficient (Wildman–Crippen LogP) is 3.87. The van der Waals surface area contributed by atoms with Crippen LogP contribution in [0.5, 0.6) is 0 Å². The van der Waals surface area contributed by atoms with Crippen molar-refractivity contribution in [1.29, 1.82) is 0 Å². The quantitative estimate of drug-likeness (QED) is 0.849. The number of hydrogen-bond donors (Lipinski definition) is 1. The molecule has 0 unspecified atom stereocenters. The summed E-state index contributed by atoms with van der Waals surface area (Å²) in [6.45, 7) is 2.87. The van der Waals surface area contributed by atoms with Crippen molar-refractivity contribution in [3.8, 4) is 0 Å². The van der Waals surface area contributed by atoms with Crippen LogP contribution >= 0.6 is 11.6 Å². The zero-order chi connectivity index (χ0) is 13.1. The van der Waals surface area contributed by atoms with Crippen LogP contribution in [0.4, 0.5) is 11.4 Å². The zero-order valence-corrected chi connectivity index (χ0v) is 11.4. The number of hydrogen-bond acceptors (Lipinski definition) is 2. The maximum atomic E-state index is 6.14. The fraction of sp³-hybridized carbons (Fsp3) is 0.200. The molecule has 0 aliphatic carbocycles. The Kier molecular flexibility index (Phi) is 3.78. The van der Waals surface area contributed by atoms with Crippen molar-refractivity contribution >= 4 is 23.0 Å². The van der Waals surface area contributed by atoms with Crippen molar-refractivity contribution in [1.82, 2.24) is 0 Å². The third kappa shape index (κ3) is 2.77. The molecule has 0 aliphatic rings. The van der Waals surface area contributed by atoms with E-state index >= 15 is 0 Å². The minimum absolute atomic E-state index is 0.792. The predicted molar refractivity (Wildman–Crippen MR) is 79.2 cm³/mol. The summed E-state index contributed by atoms with van der Waals surface area (Å²) in [6, 6.07) is 13.9. The molecule has 2 N–H and O–H groups in total. The Morgan fingerprint density at radius 1 is 1.11 bits per heavy atom. The molecular weight excluding hydrogens is 244 g/mol. The Morgan fingerprint density at radius 3 is 2.44 bits per heavy atom. The van der Waals surface area contributed by atoms with E-state index in [4.69, 9.17) is 17.3 Å². The highest BCUT2D eigenvalue weighted by molar-refractivity contribution is 6.31. The van der Waals surface area contributed by atoms with Gasteiger partial charge in [-0.2, -0.15) is 0 Å². The number of rotatable bonds is 3. The summed E-state index contributed by atoms with van der Waals surface area (Å²) in [6.07, 6.45) is 0. The molecule has 0 amide bonds. The molecule has 2 nitrogen and oxygen atoms in total. The van der Waals surface area contributed by atoms with Gasteiger partial charge in [0.1, 0.15) is 0 Å². The van der Waals surface area contributed by atoms with Gasteiger partial charge in [0.2, 0.25) is 0 Å². The molecule has 18 heavy (non-hydrogen) atoms. The van der Waals surface area contributed by atoms with Gasteiger partial charge < -0.3 is 10.6 Å². The number of nitrogens with two attached hydrogens (primary N) is 1. The van der Waals surface area contributed by atoms with Crippen LogP contribution in [0.3, 0.4) is 0 Å². The Bertz CT molecular complexity index is 535. The highest BCUT2D eigenvalue weighted by Gasteiger charge is 2.07. The van der Waals surface area contributed by atoms with E-state index in [-0.39, 0.29) is 0 Å². The van der Waals surface area contributed by atoms with Gasteiger partial charge in [-0.05, 0) is 42.3 Å². The maximum absolute atomic E-state index is 6.14. The van der Waals surface area contributed by atoms with Gasteiger partial charge in [0.05, 0.1) is 0 Å². The first-order valence-electron chi connectivity index (χ1n) is 5.88. The minimum atomic E-state index is 0.792. The van der Waals surface area contributed by atoms with Crippen molar-refractivity contribution in [2.45, 2.75) is 13.5 Å². The van der Waals surface area contributed by atoms with Crippen molar-refractivity contribution < 1.29 is 0 Å². The first-order valence-corrected chi connectivity index (χ1v) is 6.26. The average molecular weight is 261 g/mol.